The van der Waals surface area contributed by atoms with Gasteiger partial charge in [-0.05, 0) is 47.3 Å². The van der Waals surface area contributed by atoms with E-state index < -0.39 is 15.7 Å². The molecule has 20 heavy (non-hydrogen) atoms. The first-order chi connectivity index (χ1) is 9.27. The average molecular weight is 385 g/mol. The quantitative estimate of drug-likeness (QED) is 0.856. The van der Waals surface area contributed by atoms with Crippen molar-refractivity contribution in [2.24, 2.45) is 0 Å². The van der Waals surface area contributed by atoms with Crippen molar-refractivity contribution in [3.05, 3.63) is 27.4 Å². The van der Waals surface area contributed by atoms with Gasteiger partial charge in [-0.3, -0.25) is 0 Å². The maximum Gasteiger partial charge on any atom is 0.150 e. The molecule has 2 unspecified atom stereocenters. The minimum Gasteiger partial charge on any atom is -0.380 e. The SMILES string of the molecule is CS(=O)(=O)C1CCCC(Nc2c(Cl)cc(F)cc2Br)C1. The average Bonchev–Trinajstić information content (AvgIpc) is 2.33. The number of nitrogens with one attached hydrogen (secondary N) is 1. The summed E-state index contributed by atoms with van der Waals surface area (Å²) in [7, 11) is -3.02. The van der Waals surface area contributed by atoms with E-state index in [4.69, 9.17) is 11.6 Å². The van der Waals surface area contributed by atoms with Crippen LogP contribution in [0.25, 0.3) is 0 Å². The molecule has 0 heterocycles. The Morgan fingerprint density at radius 1 is 1.40 bits per heavy atom. The molecule has 0 radical (unpaired) electrons. The fourth-order valence-corrected chi connectivity index (χ4v) is 4.65. The molecule has 0 aliphatic heterocycles. The smallest absolute Gasteiger partial charge is 0.150 e. The largest absolute Gasteiger partial charge is 0.380 e. The topological polar surface area (TPSA) is 46.2 Å². The summed E-state index contributed by atoms with van der Waals surface area (Å²) in [6.07, 6.45) is 4.27. The van der Waals surface area contributed by atoms with Gasteiger partial charge in [-0.1, -0.05) is 18.0 Å². The van der Waals surface area contributed by atoms with Crippen LogP contribution in [0.2, 0.25) is 5.02 Å². The molecule has 1 N–H and O–H groups in total. The van der Waals surface area contributed by atoms with Gasteiger partial charge in [0.05, 0.1) is 16.0 Å². The normalized spacial score (nSPS) is 23.6. The van der Waals surface area contributed by atoms with Crippen LogP contribution in [-0.2, 0) is 9.84 Å². The van der Waals surface area contributed by atoms with Crippen LogP contribution in [0, 0.1) is 5.82 Å². The highest BCUT2D eigenvalue weighted by Crippen LogP contribution is 2.34. The third kappa shape index (κ3) is 3.86. The molecule has 3 nitrogen and oxygen atoms in total. The number of sulfone groups is 1. The zero-order chi connectivity index (χ0) is 14.9. The van der Waals surface area contributed by atoms with E-state index in [1.807, 2.05) is 0 Å². The van der Waals surface area contributed by atoms with Gasteiger partial charge in [-0.2, -0.15) is 0 Å². The standard InChI is InChI=1S/C13H16BrClFNO2S/c1-20(18,19)10-4-2-3-9(7-10)17-13-11(14)5-8(16)6-12(13)15/h5-6,9-10,17H,2-4,7H2,1H3. The van der Waals surface area contributed by atoms with Gasteiger partial charge in [0.1, 0.15) is 15.7 Å². The van der Waals surface area contributed by atoms with Crippen molar-refractivity contribution in [1.29, 1.82) is 0 Å². The summed E-state index contributed by atoms with van der Waals surface area (Å²) in [5, 5.41) is 3.21. The third-order valence-electron chi connectivity index (χ3n) is 3.59. The van der Waals surface area contributed by atoms with E-state index in [1.54, 1.807) is 0 Å². The molecular formula is C13H16BrClFNO2S. The summed E-state index contributed by atoms with van der Waals surface area (Å²) < 4.78 is 37.0. The van der Waals surface area contributed by atoms with Gasteiger partial charge in [0.2, 0.25) is 0 Å². The van der Waals surface area contributed by atoms with Gasteiger partial charge in [-0.25, -0.2) is 12.8 Å². The van der Waals surface area contributed by atoms with Gasteiger partial charge in [0, 0.05) is 16.8 Å². The molecule has 0 bridgehead atoms. The maximum absolute atomic E-state index is 13.2. The Balaban J connectivity index is 2.14. The molecule has 7 heteroatoms. The van der Waals surface area contributed by atoms with Gasteiger partial charge >= 0.3 is 0 Å². The Bertz CT molecular complexity index is 585. The van der Waals surface area contributed by atoms with Crippen molar-refractivity contribution in [3.63, 3.8) is 0 Å². The molecule has 0 amide bonds. The molecular weight excluding hydrogens is 369 g/mol. The molecule has 2 atom stereocenters. The lowest BCUT2D eigenvalue weighted by Crippen LogP contribution is -2.34. The summed E-state index contributed by atoms with van der Waals surface area (Å²) in [5.41, 5.74) is 0.618. The fourth-order valence-electron chi connectivity index (χ4n) is 2.55. The second-order valence-electron chi connectivity index (χ2n) is 5.20. The first kappa shape index (κ1) is 16.0. The van der Waals surface area contributed by atoms with Crippen LogP contribution in [0.5, 0.6) is 0 Å². The van der Waals surface area contributed by atoms with E-state index in [0.717, 1.165) is 12.8 Å². The zero-order valence-electron chi connectivity index (χ0n) is 11.0. The van der Waals surface area contributed by atoms with Crippen LogP contribution in [0.3, 0.4) is 0 Å². The molecule has 1 saturated carbocycles. The fraction of sp³-hybridized carbons (Fsp3) is 0.538. The lowest BCUT2D eigenvalue weighted by molar-refractivity contribution is 0.453. The maximum atomic E-state index is 13.2. The van der Waals surface area contributed by atoms with Crippen LogP contribution < -0.4 is 5.32 Å². The second-order valence-corrected chi connectivity index (χ2v) is 8.79. The second kappa shape index (κ2) is 6.20. The summed E-state index contributed by atoms with van der Waals surface area (Å²) >= 11 is 9.30. The Labute approximate surface area is 131 Å². The highest BCUT2D eigenvalue weighted by Gasteiger charge is 2.29. The molecule has 0 spiro atoms. The lowest BCUT2D eigenvalue weighted by Gasteiger charge is -2.30. The lowest BCUT2D eigenvalue weighted by atomic mass is 9.95. The van der Waals surface area contributed by atoms with Crippen molar-refractivity contribution >= 4 is 43.1 Å². The van der Waals surface area contributed by atoms with Crippen molar-refractivity contribution in [2.45, 2.75) is 37.0 Å². The highest BCUT2D eigenvalue weighted by atomic mass is 79.9. The van der Waals surface area contributed by atoms with E-state index in [-0.39, 0.29) is 11.3 Å². The van der Waals surface area contributed by atoms with Crippen molar-refractivity contribution in [2.75, 3.05) is 11.6 Å². The Morgan fingerprint density at radius 2 is 2.10 bits per heavy atom. The molecule has 1 aromatic rings. The molecule has 112 valence electrons. The minimum absolute atomic E-state index is 0.0303. The molecule has 1 fully saturated rings. The number of hydrogen-bond acceptors (Lipinski definition) is 3. The minimum atomic E-state index is -3.02. The van der Waals surface area contributed by atoms with Gasteiger partial charge in [-0.15, -0.1) is 0 Å². The number of anilines is 1. The van der Waals surface area contributed by atoms with Crippen LogP contribution in [0.4, 0.5) is 10.1 Å². The van der Waals surface area contributed by atoms with E-state index in [1.165, 1.54) is 18.4 Å². The molecule has 1 aromatic carbocycles. The van der Waals surface area contributed by atoms with Gasteiger partial charge in [0.15, 0.2) is 0 Å². The Hall–Kier alpha value is -0.330. The van der Waals surface area contributed by atoms with Crippen LogP contribution in [0.15, 0.2) is 16.6 Å². The van der Waals surface area contributed by atoms with Crippen molar-refractivity contribution in [3.8, 4) is 0 Å². The van der Waals surface area contributed by atoms with Crippen LogP contribution >= 0.6 is 27.5 Å². The monoisotopic (exact) mass is 383 g/mol. The molecule has 1 aliphatic carbocycles. The summed E-state index contributed by atoms with van der Waals surface area (Å²) in [5.74, 6) is -0.412. The number of rotatable bonds is 3. The molecule has 2 rings (SSSR count). The van der Waals surface area contributed by atoms with Crippen LogP contribution in [0.1, 0.15) is 25.7 Å². The van der Waals surface area contributed by atoms with Crippen molar-refractivity contribution < 1.29 is 12.8 Å². The Kier molecular flexibility index (Phi) is 4.97. The summed E-state index contributed by atoms with van der Waals surface area (Å²) in [6.45, 7) is 0. The number of benzene rings is 1. The predicted octanol–water partition coefficient (Wildman–Crippen LogP) is 4.01. The third-order valence-corrected chi connectivity index (χ3v) is 6.15. The predicted molar refractivity (Wildman–Crippen MR) is 83.6 cm³/mol. The van der Waals surface area contributed by atoms with Crippen molar-refractivity contribution in [1.82, 2.24) is 0 Å². The first-order valence-electron chi connectivity index (χ1n) is 6.37. The van der Waals surface area contributed by atoms with Crippen LogP contribution in [-0.4, -0.2) is 26.0 Å². The number of halogens is 3. The first-order valence-corrected chi connectivity index (χ1v) is 9.50. The highest BCUT2D eigenvalue weighted by molar-refractivity contribution is 9.10. The van der Waals surface area contributed by atoms with E-state index in [2.05, 4.69) is 21.2 Å². The zero-order valence-corrected chi connectivity index (χ0v) is 14.2. The van der Waals surface area contributed by atoms with E-state index >= 15 is 0 Å². The summed E-state index contributed by atoms with van der Waals surface area (Å²) in [6, 6.07) is 2.61. The Morgan fingerprint density at radius 3 is 2.70 bits per heavy atom. The van der Waals surface area contributed by atoms with E-state index in [9.17, 15) is 12.8 Å². The van der Waals surface area contributed by atoms with Gasteiger partial charge < -0.3 is 5.32 Å². The molecule has 0 aromatic heterocycles. The number of hydrogen-bond donors (Lipinski definition) is 1. The summed E-state index contributed by atoms with van der Waals surface area (Å²) in [4.78, 5) is 0. The van der Waals surface area contributed by atoms with Gasteiger partial charge in [0.25, 0.3) is 0 Å². The molecule has 0 saturated heterocycles. The molecule has 1 aliphatic rings. The van der Waals surface area contributed by atoms with E-state index in [0.29, 0.717) is 28.0 Å².